The van der Waals surface area contributed by atoms with Crippen LogP contribution in [0.4, 0.5) is 11.4 Å². The number of para-hydroxylation sites is 1. The third-order valence-corrected chi connectivity index (χ3v) is 7.78. The van der Waals surface area contributed by atoms with Crippen LogP contribution in [0.5, 0.6) is 5.75 Å². The predicted molar refractivity (Wildman–Crippen MR) is 116 cm³/mol. The molecule has 0 radical (unpaired) electrons. The number of sulfonamides is 2. The van der Waals surface area contributed by atoms with Gasteiger partial charge in [-0.15, -0.1) is 0 Å². The number of carbonyl (C=O) groups is 1. The van der Waals surface area contributed by atoms with Gasteiger partial charge in [0.15, 0.2) is 0 Å². The second-order valence-electron chi connectivity index (χ2n) is 6.77. The van der Waals surface area contributed by atoms with Crippen LogP contribution in [0, 0.1) is 0 Å². The maximum atomic E-state index is 13.3. The van der Waals surface area contributed by atoms with Gasteiger partial charge in [-0.25, -0.2) is 21.1 Å². The minimum Gasteiger partial charge on any atom is -0.492 e. The summed E-state index contributed by atoms with van der Waals surface area (Å²) in [6.07, 6.45) is 1.40. The average molecular weight is 462 g/mol. The van der Waals surface area contributed by atoms with E-state index >= 15 is 0 Å². The van der Waals surface area contributed by atoms with Crippen LogP contribution in [0.1, 0.15) is 13.3 Å². The highest BCUT2D eigenvalue weighted by Gasteiger charge is 2.37. The van der Waals surface area contributed by atoms with E-state index < -0.39 is 26.0 Å². The second-order valence-corrected chi connectivity index (χ2v) is 10.4. The summed E-state index contributed by atoms with van der Waals surface area (Å²) in [6, 6.07) is 12.4. The molecule has 4 rings (SSSR count). The lowest BCUT2D eigenvalue weighted by molar-refractivity contribution is -0.116. The molecule has 1 saturated heterocycles. The van der Waals surface area contributed by atoms with E-state index in [1.54, 1.807) is 43.5 Å². The van der Waals surface area contributed by atoms with E-state index in [0.717, 1.165) is 11.5 Å². The van der Waals surface area contributed by atoms with Crippen LogP contribution < -0.4 is 13.8 Å². The van der Waals surface area contributed by atoms with Crippen LogP contribution in [0.25, 0.3) is 10.9 Å². The lowest BCUT2D eigenvalue weighted by Crippen LogP contribution is -2.29. The third kappa shape index (κ3) is 3.93. The Balaban J connectivity index is 1.82. The van der Waals surface area contributed by atoms with Gasteiger partial charge in [-0.2, -0.15) is 0 Å². The summed E-state index contributed by atoms with van der Waals surface area (Å²) in [6.45, 7) is 1.89. The van der Waals surface area contributed by atoms with E-state index in [9.17, 15) is 21.6 Å². The highest BCUT2D eigenvalue weighted by molar-refractivity contribution is 7.94. The van der Waals surface area contributed by atoms with Crippen LogP contribution in [0.3, 0.4) is 0 Å². The topological polar surface area (TPSA) is 123 Å². The van der Waals surface area contributed by atoms with Crippen molar-refractivity contribution in [1.29, 1.82) is 0 Å². The van der Waals surface area contributed by atoms with E-state index in [4.69, 9.17) is 4.74 Å². The van der Waals surface area contributed by atoms with Crippen molar-refractivity contribution in [3.05, 3.63) is 54.7 Å². The fourth-order valence-corrected chi connectivity index (χ4v) is 6.05. The SMILES string of the molecule is CCOc1ccc(N2C(=O)CCS2(=O)=O)cc1S(=O)(=O)Nc1cccc2cccnc12. The standard InChI is InChI=1S/C20H19N3O6S2/c1-2-29-17-9-8-15(23-19(24)10-12-30(23,25)26)13-18(17)31(27,28)22-16-7-3-5-14-6-4-11-21-20(14)16/h3-9,11,13,22H,2,10,12H2,1H3. The maximum Gasteiger partial charge on any atom is 0.265 e. The number of pyridine rings is 1. The highest BCUT2D eigenvalue weighted by atomic mass is 32.2. The van der Waals surface area contributed by atoms with Gasteiger partial charge in [0, 0.05) is 18.0 Å². The number of hydrogen-bond donors (Lipinski definition) is 1. The Hall–Kier alpha value is -3.18. The van der Waals surface area contributed by atoms with E-state index in [1.165, 1.54) is 12.1 Å². The summed E-state index contributed by atoms with van der Waals surface area (Å²) in [5, 5.41) is 0.746. The lowest BCUT2D eigenvalue weighted by atomic mass is 10.2. The molecule has 1 aliphatic rings. The molecule has 162 valence electrons. The number of amides is 1. The minimum absolute atomic E-state index is 0.0380. The van der Waals surface area contributed by atoms with Crippen LogP contribution in [0.15, 0.2) is 59.6 Å². The highest BCUT2D eigenvalue weighted by Crippen LogP contribution is 2.34. The molecule has 0 saturated carbocycles. The molecule has 0 aliphatic carbocycles. The van der Waals surface area contributed by atoms with Crippen molar-refractivity contribution in [3.8, 4) is 5.75 Å². The van der Waals surface area contributed by atoms with Gasteiger partial charge in [0.1, 0.15) is 10.6 Å². The van der Waals surface area contributed by atoms with Gasteiger partial charge in [0.25, 0.3) is 10.0 Å². The number of fused-ring (bicyclic) bond motifs is 1. The number of nitrogens with one attached hydrogen (secondary N) is 1. The molecule has 11 heteroatoms. The molecule has 0 spiro atoms. The van der Waals surface area contributed by atoms with Crippen LogP contribution in [0.2, 0.25) is 0 Å². The fourth-order valence-electron chi connectivity index (χ4n) is 3.36. The minimum atomic E-state index is -4.21. The first kappa shape index (κ1) is 21.1. The summed E-state index contributed by atoms with van der Waals surface area (Å²) < 4.78 is 59.7. The van der Waals surface area contributed by atoms with E-state index in [0.29, 0.717) is 9.82 Å². The number of rotatable bonds is 6. The number of ether oxygens (including phenoxy) is 1. The van der Waals surface area contributed by atoms with E-state index in [2.05, 4.69) is 9.71 Å². The number of anilines is 2. The summed E-state index contributed by atoms with van der Waals surface area (Å²) in [5.74, 6) is -0.893. The van der Waals surface area contributed by atoms with Crippen molar-refractivity contribution in [2.75, 3.05) is 21.4 Å². The fraction of sp³-hybridized carbons (Fsp3) is 0.200. The second kappa shape index (κ2) is 7.82. The van der Waals surface area contributed by atoms with Gasteiger partial charge in [-0.3, -0.25) is 14.5 Å². The maximum absolute atomic E-state index is 13.3. The normalized spacial score (nSPS) is 15.9. The number of hydrogen-bond acceptors (Lipinski definition) is 7. The molecule has 1 amide bonds. The third-order valence-electron chi connectivity index (χ3n) is 4.71. The molecule has 1 fully saturated rings. The molecule has 1 N–H and O–H groups in total. The van der Waals surface area contributed by atoms with E-state index in [-0.39, 0.29) is 40.8 Å². The van der Waals surface area contributed by atoms with Gasteiger partial charge in [-0.05, 0) is 37.3 Å². The van der Waals surface area contributed by atoms with Crippen molar-refractivity contribution in [3.63, 3.8) is 0 Å². The van der Waals surface area contributed by atoms with Gasteiger partial charge >= 0.3 is 0 Å². The van der Waals surface area contributed by atoms with Crippen molar-refractivity contribution in [2.24, 2.45) is 0 Å². The Labute approximate surface area is 179 Å². The van der Waals surface area contributed by atoms with Gasteiger partial charge in [0.05, 0.1) is 29.3 Å². The molecule has 0 unspecified atom stereocenters. The largest absolute Gasteiger partial charge is 0.492 e. The molecule has 3 aromatic rings. The molecule has 1 aliphatic heterocycles. The summed E-state index contributed by atoms with van der Waals surface area (Å²) in [4.78, 5) is 16.1. The van der Waals surface area contributed by atoms with Gasteiger partial charge in [0.2, 0.25) is 15.9 Å². The average Bonchev–Trinajstić information content (AvgIpc) is 3.01. The van der Waals surface area contributed by atoms with Crippen molar-refractivity contribution < 1.29 is 26.4 Å². The van der Waals surface area contributed by atoms with Crippen LogP contribution in [-0.2, 0) is 24.8 Å². The summed E-state index contributed by atoms with van der Waals surface area (Å²) in [7, 11) is -8.06. The quantitative estimate of drug-likeness (QED) is 0.598. The molecular formula is C20H19N3O6S2. The molecule has 2 heterocycles. The van der Waals surface area contributed by atoms with Gasteiger partial charge in [-0.1, -0.05) is 18.2 Å². The Morgan fingerprint density at radius 1 is 1.16 bits per heavy atom. The van der Waals surface area contributed by atoms with E-state index in [1.807, 2.05) is 0 Å². The molecule has 2 aromatic carbocycles. The first-order valence-electron chi connectivity index (χ1n) is 9.42. The zero-order chi connectivity index (χ0) is 22.2. The predicted octanol–water partition coefficient (Wildman–Crippen LogP) is 2.50. The van der Waals surface area contributed by atoms with Crippen molar-refractivity contribution in [2.45, 2.75) is 18.2 Å². The van der Waals surface area contributed by atoms with Gasteiger partial charge < -0.3 is 4.74 Å². The Kier molecular flexibility index (Phi) is 5.31. The number of benzene rings is 2. The van der Waals surface area contributed by atoms with Crippen LogP contribution >= 0.6 is 0 Å². The summed E-state index contributed by atoms with van der Waals surface area (Å²) >= 11 is 0. The molecule has 0 bridgehead atoms. The molecule has 0 atom stereocenters. The summed E-state index contributed by atoms with van der Waals surface area (Å²) in [5.41, 5.74) is 0.665. The first-order valence-corrected chi connectivity index (χ1v) is 12.5. The molecule has 31 heavy (non-hydrogen) atoms. The lowest BCUT2D eigenvalue weighted by Gasteiger charge is -2.19. The number of carbonyl (C=O) groups excluding carboxylic acids is 1. The Morgan fingerprint density at radius 2 is 1.94 bits per heavy atom. The Bertz CT molecular complexity index is 1380. The zero-order valence-electron chi connectivity index (χ0n) is 16.5. The molecule has 9 nitrogen and oxygen atoms in total. The van der Waals surface area contributed by atoms with Crippen LogP contribution in [-0.4, -0.2) is 40.1 Å². The Morgan fingerprint density at radius 3 is 2.65 bits per heavy atom. The molecular weight excluding hydrogens is 442 g/mol. The number of nitrogens with zero attached hydrogens (tertiary/aromatic N) is 2. The smallest absolute Gasteiger partial charge is 0.265 e. The van der Waals surface area contributed by atoms with Crippen molar-refractivity contribution in [1.82, 2.24) is 4.98 Å². The molecule has 1 aromatic heterocycles. The monoisotopic (exact) mass is 461 g/mol. The van der Waals surface area contributed by atoms with Crippen molar-refractivity contribution >= 4 is 48.2 Å². The number of aromatic nitrogens is 1. The first-order chi connectivity index (χ1) is 14.7. The zero-order valence-corrected chi connectivity index (χ0v) is 18.1.